The Labute approximate surface area is 96.6 Å². The molecular weight excluding hydrogens is 222 g/mol. The van der Waals surface area contributed by atoms with Crippen LogP contribution in [0.2, 0.25) is 0 Å². The van der Waals surface area contributed by atoms with Gasteiger partial charge in [0.15, 0.2) is 9.84 Å². The number of aryl methyl sites for hydroxylation is 1. The highest BCUT2D eigenvalue weighted by Crippen LogP contribution is 2.47. The quantitative estimate of drug-likeness (QED) is 0.867. The molecule has 1 aromatic carbocycles. The lowest BCUT2D eigenvalue weighted by Gasteiger charge is -2.15. The lowest BCUT2D eigenvalue weighted by atomic mass is 9.95. The predicted octanol–water partition coefficient (Wildman–Crippen LogP) is 1.39. The molecule has 2 N–H and O–H groups in total. The van der Waals surface area contributed by atoms with E-state index in [2.05, 4.69) is 0 Å². The van der Waals surface area contributed by atoms with Crippen molar-refractivity contribution in [2.45, 2.75) is 30.1 Å². The van der Waals surface area contributed by atoms with Crippen molar-refractivity contribution in [3.8, 4) is 0 Å². The van der Waals surface area contributed by atoms with Gasteiger partial charge in [0.2, 0.25) is 0 Å². The highest BCUT2D eigenvalue weighted by molar-refractivity contribution is 7.90. The summed E-state index contributed by atoms with van der Waals surface area (Å²) in [6, 6.07) is 5.68. The topological polar surface area (TPSA) is 60.2 Å². The lowest BCUT2D eigenvalue weighted by Crippen LogP contribution is -2.20. The van der Waals surface area contributed by atoms with E-state index in [9.17, 15) is 8.42 Å². The smallest absolute Gasteiger partial charge is 0.175 e. The van der Waals surface area contributed by atoms with Crippen LogP contribution in [0.4, 0.5) is 0 Å². The molecule has 0 amide bonds. The summed E-state index contributed by atoms with van der Waals surface area (Å²) in [5.74, 6) is 0. The van der Waals surface area contributed by atoms with Crippen LogP contribution >= 0.6 is 0 Å². The van der Waals surface area contributed by atoms with Crippen molar-refractivity contribution < 1.29 is 8.42 Å². The molecule has 1 saturated carbocycles. The van der Waals surface area contributed by atoms with Gasteiger partial charge in [-0.3, -0.25) is 0 Å². The van der Waals surface area contributed by atoms with Gasteiger partial charge in [-0.1, -0.05) is 12.1 Å². The van der Waals surface area contributed by atoms with Gasteiger partial charge < -0.3 is 5.73 Å². The molecule has 2 rings (SSSR count). The van der Waals surface area contributed by atoms with Gasteiger partial charge in [0.05, 0.1) is 4.90 Å². The summed E-state index contributed by atoms with van der Waals surface area (Å²) in [6.07, 6.45) is 3.38. The Kier molecular flexibility index (Phi) is 2.59. The maximum Gasteiger partial charge on any atom is 0.175 e. The number of benzene rings is 1. The van der Waals surface area contributed by atoms with Gasteiger partial charge in [-0.05, 0) is 37.0 Å². The summed E-state index contributed by atoms with van der Waals surface area (Å²) in [5, 5.41) is 0. The van der Waals surface area contributed by atoms with Crippen molar-refractivity contribution in [1.29, 1.82) is 0 Å². The van der Waals surface area contributed by atoms with E-state index in [1.54, 1.807) is 6.07 Å². The van der Waals surface area contributed by atoms with Crippen LogP contribution in [0.5, 0.6) is 0 Å². The molecule has 3 nitrogen and oxygen atoms in total. The third kappa shape index (κ3) is 1.87. The second kappa shape index (κ2) is 3.57. The van der Waals surface area contributed by atoms with E-state index in [0.717, 1.165) is 24.0 Å². The van der Waals surface area contributed by atoms with E-state index in [1.165, 1.54) is 6.26 Å². The van der Waals surface area contributed by atoms with Gasteiger partial charge >= 0.3 is 0 Å². The van der Waals surface area contributed by atoms with Crippen molar-refractivity contribution in [3.05, 3.63) is 29.3 Å². The molecule has 4 heteroatoms. The Bertz CT molecular complexity index is 516. The third-order valence-corrected chi connectivity index (χ3v) is 4.68. The summed E-state index contributed by atoms with van der Waals surface area (Å²) in [6.45, 7) is 2.42. The van der Waals surface area contributed by atoms with Crippen molar-refractivity contribution in [2.24, 2.45) is 5.73 Å². The van der Waals surface area contributed by atoms with Crippen molar-refractivity contribution >= 4 is 9.84 Å². The molecule has 1 aromatic rings. The van der Waals surface area contributed by atoms with Crippen LogP contribution in [0.3, 0.4) is 0 Å². The number of hydrogen-bond donors (Lipinski definition) is 1. The van der Waals surface area contributed by atoms with Gasteiger partial charge in [0.25, 0.3) is 0 Å². The number of nitrogens with two attached hydrogens (primary N) is 1. The zero-order chi connectivity index (χ0) is 12.0. The average molecular weight is 239 g/mol. The summed E-state index contributed by atoms with van der Waals surface area (Å²) in [7, 11) is -3.14. The van der Waals surface area contributed by atoms with Gasteiger partial charge in [-0.2, -0.15) is 0 Å². The summed E-state index contributed by atoms with van der Waals surface area (Å²) >= 11 is 0. The number of hydrogen-bond acceptors (Lipinski definition) is 3. The first kappa shape index (κ1) is 11.6. The largest absolute Gasteiger partial charge is 0.330 e. The fraction of sp³-hybridized carbons (Fsp3) is 0.500. The predicted molar refractivity (Wildman–Crippen MR) is 64.3 cm³/mol. The average Bonchev–Trinajstić information content (AvgIpc) is 2.97. The highest BCUT2D eigenvalue weighted by atomic mass is 32.2. The highest BCUT2D eigenvalue weighted by Gasteiger charge is 2.43. The van der Waals surface area contributed by atoms with E-state index in [0.29, 0.717) is 11.4 Å². The maximum atomic E-state index is 11.6. The molecule has 0 aliphatic heterocycles. The minimum atomic E-state index is -3.14. The second-order valence-corrected chi connectivity index (χ2v) is 6.72. The molecule has 1 fully saturated rings. The third-order valence-electron chi connectivity index (χ3n) is 3.44. The summed E-state index contributed by atoms with van der Waals surface area (Å²) in [5.41, 5.74) is 7.67. The Morgan fingerprint density at radius 1 is 1.38 bits per heavy atom. The van der Waals surface area contributed by atoms with Crippen LogP contribution in [0, 0.1) is 6.92 Å². The van der Waals surface area contributed by atoms with E-state index in [4.69, 9.17) is 5.73 Å². The standard InChI is InChI=1S/C12H17NO2S/c1-9-3-4-10(12(8-13)5-6-12)7-11(9)16(2,14)15/h3-4,7H,5-6,8,13H2,1-2H3. The fourth-order valence-corrected chi connectivity index (χ4v) is 3.08. The van der Waals surface area contributed by atoms with Crippen LogP contribution in [-0.4, -0.2) is 21.2 Å². The van der Waals surface area contributed by atoms with Crippen LogP contribution in [-0.2, 0) is 15.3 Å². The van der Waals surface area contributed by atoms with Crippen LogP contribution in [0.25, 0.3) is 0 Å². The lowest BCUT2D eigenvalue weighted by molar-refractivity contribution is 0.600. The fourth-order valence-electron chi connectivity index (χ4n) is 2.09. The number of rotatable bonds is 3. The first-order chi connectivity index (χ1) is 7.39. The molecule has 0 saturated heterocycles. The molecule has 0 spiro atoms. The molecule has 0 radical (unpaired) electrons. The van der Waals surface area contributed by atoms with Crippen LogP contribution in [0.15, 0.2) is 23.1 Å². The molecule has 1 aliphatic rings. The summed E-state index contributed by atoms with van der Waals surface area (Å²) < 4.78 is 23.2. The summed E-state index contributed by atoms with van der Waals surface area (Å²) in [4.78, 5) is 0.435. The molecule has 16 heavy (non-hydrogen) atoms. The van der Waals surface area contributed by atoms with E-state index >= 15 is 0 Å². The van der Waals surface area contributed by atoms with E-state index in [1.807, 2.05) is 19.1 Å². The minimum Gasteiger partial charge on any atom is -0.330 e. The normalized spacial score (nSPS) is 18.4. The van der Waals surface area contributed by atoms with Gasteiger partial charge in [-0.25, -0.2) is 8.42 Å². The molecule has 0 unspecified atom stereocenters. The number of sulfone groups is 1. The zero-order valence-corrected chi connectivity index (χ0v) is 10.5. The zero-order valence-electron chi connectivity index (χ0n) is 9.66. The molecule has 0 heterocycles. The van der Waals surface area contributed by atoms with Crippen molar-refractivity contribution in [3.63, 3.8) is 0 Å². The molecule has 88 valence electrons. The van der Waals surface area contributed by atoms with Crippen LogP contribution in [0.1, 0.15) is 24.0 Å². The molecule has 0 atom stereocenters. The van der Waals surface area contributed by atoms with Gasteiger partial charge in [0.1, 0.15) is 0 Å². The molecule has 0 bridgehead atoms. The van der Waals surface area contributed by atoms with Crippen molar-refractivity contribution in [1.82, 2.24) is 0 Å². The van der Waals surface area contributed by atoms with Crippen LogP contribution < -0.4 is 5.73 Å². The van der Waals surface area contributed by atoms with E-state index in [-0.39, 0.29) is 5.41 Å². The SMILES string of the molecule is Cc1ccc(C2(CN)CC2)cc1S(C)(=O)=O. The Hall–Kier alpha value is -0.870. The van der Waals surface area contributed by atoms with E-state index < -0.39 is 9.84 Å². The maximum absolute atomic E-state index is 11.6. The first-order valence-corrected chi connectivity index (χ1v) is 7.29. The Morgan fingerprint density at radius 3 is 2.44 bits per heavy atom. The van der Waals surface area contributed by atoms with Crippen molar-refractivity contribution in [2.75, 3.05) is 12.8 Å². The molecule has 1 aliphatic carbocycles. The Balaban J connectivity index is 2.53. The minimum absolute atomic E-state index is 0.0487. The molecular formula is C12H17NO2S. The van der Waals surface area contributed by atoms with Gasteiger partial charge in [-0.15, -0.1) is 0 Å². The monoisotopic (exact) mass is 239 g/mol. The van der Waals surface area contributed by atoms with Gasteiger partial charge in [0, 0.05) is 18.2 Å². The first-order valence-electron chi connectivity index (χ1n) is 5.40. The molecule has 0 aromatic heterocycles. The Morgan fingerprint density at radius 2 is 2.00 bits per heavy atom. The second-order valence-electron chi connectivity index (χ2n) is 4.74.